The zero-order valence-corrected chi connectivity index (χ0v) is 16.9. The molecule has 152 valence electrons. The molecule has 0 radical (unpaired) electrons. The highest BCUT2D eigenvalue weighted by atomic mass is 32.2. The highest BCUT2D eigenvalue weighted by Gasteiger charge is 2.40. The number of rotatable bonds is 11. The van der Waals surface area contributed by atoms with Crippen LogP contribution in [0.5, 0.6) is 11.5 Å². The molecular formula is C20H26N2O5S. The number of benzene rings is 2. The standard InChI is InChI=1S/C20H26N2O5S/c1-3-20(19(21)23,15-27-18-12-10-17(11-13-18)26-4-2)22-28(24,25)14-16-8-6-5-7-9-16/h5-13,22H,3-4,14-15H2,1-2H3,(H2,21,23). The lowest BCUT2D eigenvalue weighted by Gasteiger charge is -2.30. The van der Waals surface area contributed by atoms with Gasteiger partial charge in [-0.2, -0.15) is 4.72 Å². The Bertz CT molecular complexity index is 869. The Kier molecular flexibility index (Phi) is 7.42. The molecule has 0 spiro atoms. The van der Waals surface area contributed by atoms with Crippen molar-refractivity contribution < 1.29 is 22.7 Å². The lowest BCUT2D eigenvalue weighted by Crippen LogP contribution is -2.60. The van der Waals surface area contributed by atoms with E-state index in [1.807, 2.05) is 6.92 Å². The number of hydrogen-bond donors (Lipinski definition) is 2. The van der Waals surface area contributed by atoms with Crippen LogP contribution < -0.4 is 19.9 Å². The van der Waals surface area contributed by atoms with E-state index in [1.165, 1.54) is 0 Å². The molecule has 2 aromatic rings. The highest BCUT2D eigenvalue weighted by Crippen LogP contribution is 2.21. The molecule has 28 heavy (non-hydrogen) atoms. The Morgan fingerprint density at radius 2 is 1.57 bits per heavy atom. The molecule has 2 aromatic carbocycles. The lowest BCUT2D eigenvalue weighted by molar-refractivity contribution is -0.125. The average molecular weight is 407 g/mol. The second-order valence-corrected chi connectivity index (χ2v) is 8.06. The second-order valence-electron chi connectivity index (χ2n) is 6.34. The van der Waals surface area contributed by atoms with Crippen molar-refractivity contribution in [1.82, 2.24) is 4.72 Å². The van der Waals surface area contributed by atoms with E-state index in [9.17, 15) is 13.2 Å². The van der Waals surface area contributed by atoms with E-state index in [4.69, 9.17) is 15.2 Å². The van der Waals surface area contributed by atoms with Gasteiger partial charge in [0.25, 0.3) is 0 Å². The van der Waals surface area contributed by atoms with Crippen LogP contribution >= 0.6 is 0 Å². The van der Waals surface area contributed by atoms with E-state index in [2.05, 4.69) is 4.72 Å². The van der Waals surface area contributed by atoms with Gasteiger partial charge in [0.2, 0.25) is 15.9 Å². The summed E-state index contributed by atoms with van der Waals surface area (Å²) in [6.07, 6.45) is 0.146. The van der Waals surface area contributed by atoms with Crippen LogP contribution in [0.3, 0.4) is 0 Å². The number of nitrogens with one attached hydrogen (secondary N) is 1. The third-order valence-electron chi connectivity index (χ3n) is 4.25. The lowest BCUT2D eigenvalue weighted by atomic mass is 9.98. The van der Waals surface area contributed by atoms with Crippen LogP contribution in [0, 0.1) is 0 Å². The first-order valence-electron chi connectivity index (χ1n) is 9.01. The number of ether oxygens (including phenoxy) is 2. The first kappa shape index (κ1) is 21.7. The van der Waals surface area contributed by atoms with Crippen molar-refractivity contribution in [2.24, 2.45) is 5.73 Å². The Balaban J connectivity index is 2.13. The van der Waals surface area contributed by atoms with Gasteiger partial charge in [0.05, 0.1) is 12.4 Å². The third kappa shape index (κ3) is 5.97. The van der Waals surface area contributed by atoms with Gasteiger partial charge < -0.3 is 15.2 Å². The van der Waals surface area contributed by atoms with Crippen molar-refractivity contribution in [2.45, 2.75) is 31.6 Å². The molecule has 1 atom stereocenters. The molecule has 3 N–H and O–H groups in total. The quantitative estimate of drug-likeness (QED) is 0.595. The van der Waals surface area contributed by atoms with Crippen molar-refractivity contribution in [1.29, 1.82) is 0 Å². The molecule has 0 aliphatic carbocycles. The summed E-state index contributed by atoms with van der Waals surface area (Å²) in [6, 6.07) is 15.5. The van der Waals surface area contributed by atoms with Crippen molar-refractivity contribution >= 4 is 15.9 Å². The first-order chi connectivity index (χ1) is 13.3. The van der Waals surface area contributed by atoms with Gasteiger partial charge >= 0.3 is 0 Å². The minimum absolute atomic E-state index is 0.146. The summed E-state index contributed by atoms with van der Waals surface area (Å²) in [5, 5.41) is 0. The monoisotopic (exact) mass is 406 g/mol. The summed E-state index contributed by atoms with van der Waals surface area (Å²) in [5.41, 5.74) is 4.60. The Hall–Kier alpha value is -2.58. The molecule has 7 nitrogen and oxygen atoms in total. The van der Waals surface area contributed by atoms with Crippen molar-refractivity contribution in [2.75, 3.05) is 13.2 Å². The van der Waals surface area contributed by atoms with E-state index >= 15 is 0 Å². The topological polar surface area (TPSA) is 108 Å². The van der Waals surface area contributed by atoms with Gasteiger partial charge in [-0.3, -0.25) is 4.79 Å². The number of hydrogen-bond acceptors (Lipinski definition) is 5. The maximum absolute atomic E-state index is 12.6. The van der Waals surface area contributed by atoms with Crippen molar-refractivity contribution in [3.8, 4) is 11.5 Å². The van der Waals surface area contributed by atoms with Gasteiger partial charge in [-0.1, -0.05) is 37.3 Å². The van der Waals surface area contributed by atoms with Crippen LogP contribution in [0.15, 0.2) is 54.6 Å². The predicted molar refractivity (Wildman–Crippen MR) is 108 cm³/mol. The van der Waals surface area contributed by atoms with Gasteiger partial charge in [-0.05, 0) is 43.2 Å². The third-order valence-corrected chi connectivity index (χ3v) is 5.66. The summed E-state index contributed by atoms with van der Waals surface area (Å²) < 4.78 is 38.7. The number of carbonyl (C=O) groups excluding carboxylic acids is 1. The maximum Gasteiger partial charge on any atom is 0.242 e. The van der Waals surface area contributed by atoms with E-state index in [1.54, 1.807) is 61.5 Å². The SMILES string of the molecule is CCOc1ccc(OCC(CC)(NS(=O)(=O)Cc2ccccc2)C(N)=O)cc1. The van der Waals surface area contributed by atoms with Crippen LogP contribution in [0.1, 0.15) is 25.8 Å². The molecule has 8 heteroatoms. The van der Waals surface area contributed by atoms with E-state index in [0.717, 1.165) is 0 Å². The average Bonchev–Trinajstić information content (AvgIpc) is 2.66. The normalized spacial score (nSPS) is 13.5. The zero-order valence-electron chi connectivity index (χ0n) is 16.1. The smallest absolute Gasteiger partial charge is 0.242 e. The predicted octanol–water partition coefficient (Wildman–Crippen LogP) is 2.22. The van der Waals surface area contributed by atoms with E-state index < -0.39 is 21.5 Å². The summed E-state index contributed by atoms with van der Waals surface area (Å²) in [5.74, 6) is 0.115. The molecule has 0 fully saturated rings. The number of carbonyl (C=O) groups is 1. The largest absolute Gasteiger partial charge is 0.494 e. The van der Waals surface area contributed by atoms with Gasteiger partial charge in [0.1, 0.15) is 23.6 Å². The molecule has 0 bridgehead atoms. The molecular weight excluding hydrogens is 380 g/mol. The molecule has 0 aromatic heterocycles. The Morgan fingerprint density at radius 1 is 1.00 bits per heavy atom. The fourth-order valence-electron chi connectivity index (χ4n) is 2.63. The van der Waals surface area contributed by atoms with Crippen LogP contribution in [0.2, 0.25) is 0 Å². The molecule has 1 amide bonds. The molecule has 1 unspecified atom stereocenters. The fraction of sp³-hybridized carbons (Fsp3) is 0.350. The summed E-state index contributed by atoms with van der Waals surface area (Å²) >= 11 is 0. The van der Waals surface area contributed by atoms with Gasteiger partial charge in [0.15, 0.2) is 0 Å². The number of sulfonamides is 1. The number of amides is 1. The van der Waals surface area contributed by atoms with Gasteiger partial charge in [0, 0.05) is 0 Å². The molecule has 0 aliphatic rings. The zero-order chi connectivity index (χ0) is 20.6. The number of nitrogens with two attached hydrogens (primary N) is 1. The van der Waals surface area contributed by atoms with Crippen LogP contribution in [-0.4, -0.2) is 33.1 Å². The summed E-state index contributed by atoms with van der Waals surface area (Å²) in [6.45, 7) is 3.89. The Labute approximate surface area is 165 Å². The van der Waals surface area contributed by atoms with Crippen LogP contribution in [-0.2, 0) is 20.6 Å². The molecule has 2 rings (SSSR count). The summed E-state index contributed by atoms with van der Waals surface area (Å²) in [7, 11) is -3.82. The molecule has 0 saturated heterocycles. The molecule has 0 saturated carbocycles. The van der Waals surface area contributed by atoms with E-state index in [0.29, 0.717) is 23.7 Å². The second kappa shape index (κ2) is 9.57. The van der Waals surface area contributed by atoms with Crippen molar-refractivity contribution in [3.63, 3.8) is 0 Å². The maximum atomic E-state index is 12.6. The Morgan fingerprint density at radius 3 is 2.07 bits per heavy atom. The fourth-order valence-corrected chi connectivity index (χ4v) is 4.23. The van der Waals surface area contributed by atoms with Crippen LogP contribution in [0.4, 0.5) is 0 Å². The minimum atomic E-state index is -3.82. The first-order valence-corrected chi connectivity index (χ1v) is 10.7. The van der Waals surface area contributed by atoms with Gasteiger partial charge in [-0.15, -0.1) is 0 Å². The molecule has 0 heterocycles. The van der Waals surface area contributed by atoms with Crippen LogP contribution in [0.25, 0.3) is 0 Å². The molecule has 0 aliphatic heterocycles. The summed E-state index contributed by atoms with van der Waals surface area (Å²) in [4.78, 5) is 12.1. The van der Waals surface area contributed by atoms with Gasteiger partial charge in [-0.25, -0.2) is 8.42 Å². The van der Waals surface area contributed by atoms with Crippen molar-refractivity contribution in [3.05, 3.63) is 60.2 Å². The number of primary amides is 1. The highest BCUT2D eigenvalue weighted by molar-refractivity contribution is 7.88. The minimum Gasteiger partial charge on any atom is -0.494 e. The van der Waals surface area contributed by atoms with E-state index in [-0.39, 0.29) is 18.8 Å².